The van der Waals surface area contributed by atoms with Gasteiger partial charge < -0.3 is 15.6 Å². The van der Waals surface area contributed by atoms with E-state index in [-0.39, 0.29) is 23.7 Å². The van der Waals surface area contributed by atoms with Crippen LogP contribution < -0.4 is 11.1 Å². The van der Waals surface area contributed by atoms with E-state index in [1.165, 1.54) is 0 Å². The maximum atomic E-state index is 12.9. The Morgan fingerprint density at radius 3 is 2.71 bits per heavy atom. The number of nitrogens with two attached hydrogens (primary N) is 1. The fourth-order valence-electron chi connectivity index (χ4n) is 4.20. The summed E-state index contributed by atoms with van der Waals surface area (Å²) in [7, 11) is -3.40. The normalized spacial score (nSPS) is 22.4. The summed E-state index contributed by atoms with van der Waals surface area (Å²) in [6.07, 6.45) is 4.31. The zero-order chi connectivity index (χ0) is 21.8. The molecule has 2 fully saturated rings. The molecule has 1 aliphatic heterocycles. The number of carbonyl (C=O) groups excluding carboxylic acids is 1. The SMILES string of the molecule is NCCCS(=O)(=O)N1CC[C@H](NC(=O)c2cc(C3CC3)on2)C[C@H]1Cc1ccccc1. The highest BCUT2D eigenvalue weighted by molar-refractivity contribution is 7.89. The lowest BCUT2D eigenvalue weighted by molar-refractivity contribution is 0.0902. The van der Waals surface area contributed by atoms with E-state index < -0.39 is 10.0 Å². The lowest BCUT2D eigenvalue weighted by atomic mass is 9.94. The fraction of sp³-hybridized carbons (Fsp3) is 0.545. The summed E-state index contributed by atoms with van der Waals surface area (Å²) in [5.41, 5.74) is 6.90. The van der Waals surface area contributed by atoms with E-state index >= 15 is 0 Å². The summed E-state index contributed by atoms with van der Waals surface area (Å²) in [6, 6.07) is 11.2. The van der Waals surface area contributed by atoms with E-state index in [9.17, 15) is 13.2 Å². The van der Waals surface area contributed by atoms with Crippen molar-refractivity contribution in [1.82, 2.24) is 14.8 Å². The van der Waals surface area contributed by atoms with Crippen LogP contribution in [0.5, 0.6) is 0 Å². The molecule has 4 rings (SSSR count). The molecule has 2 heterocycles. The molecule has 0 bridgehead atoms. The van der Waals surface area contributed by atoms with Crippen LogP contribution in [0.4, 0.5) is 0 Å². The van der Waals surface area contributed by atoms with E-state index in [0.717, 1.165) is 24.2 Å². The van der Waals surface area contributed by atoms with Gasteiger partial charge >= 0.3 is 0 Å². The Labute approximate surface area is 183 Å². The smallest absolute Gasteiger partial charge is 0.273 e. The Kier molecular flexibility index (Phi) is 6.74. The highest BCUT2D eigenvalue weighted by atomic mass is 32.2. The Morgan fingerprint density at radius 2 is 2.00 bits per heavy atom. The molecule has 1 aromatic heterocycles. The van der Waals surface area contributed by atoms with Gasteiger partial charge in [0, 0.05) is 30.6 Å². The third-order valence-electron chi connectivity index (χ3n) is 6.02. The summed E-state index contributed by atoms with van der Waals surface area (Å²) in [4.78, 5) is 12.7. The number of sulfonamides is 1. The van der Waals surface area contributed by atoms with Crippen molar-refractivity contribution in [2.45, 2.75) is 56.5 Å². The molecule has 0 unspecified atom stereocenters. The first-order valence-corrected chi connectivity index (χ1v) is 12.6. The van der Waals surface area contributed by atoms with Crippen LogP contribution in [0.25, 0.3) is 0 Å². The molecule has 8 nitrogen and oxygen atoms in total. The molecule has 1 aromatic carbocycles. The van der Waals surface area contributed by atoms with Gasteiger partial charge in [-0.2, -0.15) is 4.31 Å². The Hall–Kier alpha value is -2.23. The molecule has 2 aliphatic rings. The van der Waals surface area contributed by atoms with Crippen molar-refractivity contribution in [2.75, 3.05) is 18.8 Å². The summed E-state index contributed by atoms with van der Waals surface area (Å²) in [5, 5.41) is 6.95. The van der Waals surface area contributed by atoms with Crippen molar-refractivity contribution in [3.63, 3.8) is 0 Å². The van der Waals surface area contributed by atoms with Crippen molar-refractivity contribution in [3.05, 3.63) is 53.4 Å². The van der Waals surface area contributed by atoms with E-state index in [0.29, 0.717) is 50.4 Å². The summed E-state index contributed by atoms with van der Waals surface area (Å²) in [5.74, 6) is 0.951. The van der Waals surface area contributed by atoms with Crippen LogP contribution in [0.2, 0.25) is 0 Å². The number of hydrogen-bond acceptors (Lipinski definition) is 6. The van der Waals surface area contributed by atoms with Crippen molar-refractivity contribution in [2.24, 2.45) is 5.73 Å². The number of benzene rings is 1. The first-order chi connectivity index (χ1) is 15.0. The average molecular weight is 447 g/mol. The second-order valence-corrected chi connectivity index (χ2v) is 10.5. The van der Waals surface area contributed by atoms with Crippen LogP contribution in [0.15, 0.2) is 40.9 Å². The molecule has 0 radical (unpaired) electrons. The molecule has 2 atom stereocenters. The Morgan fingerprint density at radius 1 is 1.23 bits per heavy atom. The van der Waals surface area contributed by atoms with Crippen molar-refractivity contribution in [1.29, 1.82) is 0 Å². The molecule has 1 aliphatic carbocycles. The molecule has 1 saturated carbocycles. The molecule has 1 amide bonds. The van der Waals surface area contributed by atoms with Crippen LogP contribution in [0.1, 0.15) is 59.8 Å². The van der Waals surface area contributed by atoms with Crippen molar-refractivity contribution >= 4 is 15.9 Å². The molecule has 31 heavy (non-hydrogen) atoms. The minimum Gasteiger partial charge on any atom is -0.360 e. The Balaban J connectivity index is 1.45. The second kappa shape index (κ2) is 9.50. The molecular weight excluding hydrogens is 416 g/mol. The first kappa shape index (κ1) is 22.0. The summed E-state index contributed by atoms with van der Waals surface area (Å²) in [6.45, 7) is 0.719. The van der Waals surface area contributed by atoms with Gasteiger partial charge in [-0.25, -0.2) is 8.42 Å². The van der Waals surface area contributed by atoms with E-state index in [4.69, 9.17) is 10.3 Å². The third-order valence-corrected chi connectivity index (χ3v) is 8.02. The number of nitrogens with one attached hydrogen (secondary N) is 1. The van der Waals surface area contributed by atoms with Crippen LogP contribution in [-0.2, 0) is 16.4 Å². The van der Waals surface area contributed by atoms with Gasteiger partial charge in [0.2, 0.25) is 10.0 Å². The summed E-state index contributed by atoms with van der Waals surface area (Å²) < 4.78 is 32.8. The molecule has 9 heteroatoms. The highest BCUT2D eigenvalue weighted by Gasteiger charge is 2.36. The number of aromatic nitrogens is 1. The summed E-state index contributed by atoms with van der Waals surface area (Å²) >= 11 is 0. The number of piperidine rings is 1. The van der Waals surface area contributed by atoms with E-state index in [2.05, 4.69) is 10.5 Å². The third kappa shape index (κ3) is 5.53. The lowest BCUT2D eigenvalue weighted by Crippen LogP contribution is -2.53. The molecule has 2 aromatic rings. The zero-order valence-corrected chi connectivity index (χ0v) is 18.4. The van der Waals surface area contributed by atoms with Gasteiger partial charge in [0.05, 0.1) is 5.75 Å². The predicted octanol–water partition coefficient (Wildman–Crippen LogP) is 2.04. The standard InChI is InChI=1S/C22H30N4O4S/c23-10-4-12-31(28,29)26-11-9-18(14-19(26)13-16-5-2-1-3-6-16)24-22(27)20-15-21(30-25-20)17-7-8-17/h1-3,5-6,15,17-19H,4,7-14,23H2,(H,24,27)/t18-,19+/m0/s1. The Bertz CT molecular complexity index is 988. The maximum Gasteiger partial charge on any atom is 0.273 e. The van der Waals surface area contributed by atoms with Crippen LogP contribution in [0.3, 0.4) is 0 Å². The van der Waals surface area contributed by atoms with Gasteiger partial charge in [0.25, 0.3) is 5.91 Å². The number of rotatable bonds is 9. The van der Waals surface area contributed by atoms with Gasteiger partial charge in [-0.3, -0.25) is 4.79 Å². The number of carbonyl (C=O) groups is 1. The maximum absolute atomic E-state index is 12.9. The topological polar surface area (TPSA) is 119 Å². The highest BCUT2D eigenvalue weighted by Crippen LogP contribution is 2.40. The van der Waals surface area contributed by atoms with Gasteiger partial charge in [-0.15, -0.1) is 0 Å². The molecule has 168 valence electrons. The lowest BCUT2D eigenvalue weighted by Gasteiger charge is -2.39. The van der Waals surface area contributed by atoms with E-state index in [1.54, 1.807) is 10.4 Å². The van der Waals surface area contributed by atoms with Gasteiger partial charge in [0.1, 0.15) is 5.76 Å². The first-order valence-electron chi connectivity index (χ1n) is 11.0. The monoisotopic (exact) mass is 446 g/mol. The average Bonchev–Trinajstić information content (AvgIpc) is 3.49. The molecule has 0 spiro atoms. The van der Waals surface area contributed by atoms with Crippen LogP contribution in [-0.4, -0.2) is 54.7 Å². The van der Waals surface area contributed by atoms with E-state index in [1.807, 2.05) is 30.3 Å². The minimum absolute atomic E-state index is 0.0503. The minimum atomic E-state index is -3.40. The van der Waals surface area contributed by atoms with Gasteiger partial charge in [0.15, 0.2) is 5.69 Å². The number of amides is 1. The van der Waals surface area contributed by atoms with Gasteiger partial charge in [-0.1, -0.05) is 35.5 Å². The van der Waals surface area contributed by atoms with Crippen LogP contribution >= 0.6 is 0 Å². The molecule has 3 N–H and O–H groups in total. The molecular formula is C22H30N4O4S. The largest absolute Gasteiger partial charge is 0.360 e. The zero-order valence-electron chi connectivity index (χ0n) is 17.6. The molecule has 1 saturated heterocycles. The van der Waals surface area contributed by atoms with Crippen molar-refractivity contribution < 1.29 is 17.7 Å². The second-order valence-electron chi connectivity index (χ2n) is 8.50. The number of nitrogens with zero attached hydrogens (tertiary/aromatic N) is 2. The quantitative estimate of drug-likeness (QED) is 0.608. The predicted molar refractivity (Wildman–Crippen MR) is 117 cm³/mol. The van der Waals surface area contributed by atoms with Gasteiger partial charge in [-0.05, 0) is 50.6 Å². The number of hydrogen-bond donors (Lipinski definition) is 2. The van der Waals surface area contributed by atoms with Crippen LogP contribution in [0, 0.1) is 0 Å². The fourth-order valence-corrected chi connectivity index (χ4v) is 5.96. The van der Waals surface area contributed by atoms with Crippen molar-refractivity contribution in [3.8, 4) is 0 Å².